The van der Waals surface area contributed by atoms with Crippen LogP contribution in [0.25, 0.3) is 5.69 Å². The van der Waals surface area contributed by atoms with E-state index < -0.39 is 21.8 Å². The summed E-state index contributed by atoms with van der Waals surface area (Å²) in [5.74, 6) is -1.23. The molecule has 0 saturated carbocycles. The summed E-state index contributed by atoms with van der Waals surface area (Å²) in [6, 6.07) is 5.11. The molecule has 2 heterocycles. The maximum absolute atomic E-state index is 13.3. The Hall–Kier alpha value is -2.75. The molecule has 0 bridgehead atoms. The highest BCUT2D eigenvalue weighted by atomic mass is 32.2. The Labute approximate surface area is 174 Å². The van der Waals surface area contributed by atoms with Crippen LogP contribution in [0.1, 0.15) is 35.1 Å². The molecular weight excluding hydrogens is 411 g/mol. The summed E-state index contributed by atoms with van der Waals surface area (Å²) in [5, 5.41) is 7.16. The van der Waals surface area contributed by atoms with Crippen molar-refractivity contribution in [3.63, 3.8) is 0 Å². The third kappa shape index (κ3) is 3.96. The minimum Gasteiger partial charge on any atom is -0.339 e. The van der Waals surface area contributed by atoms with E-state index in [1.54, 1.807) is 23.7 Å². The number of aromatic nitrogens is 2. The number of amides is 2. The van der Waals surface area contributed by atoms with Gasteiger partial charge in [0.05, 0.1) is 17.2 Å². The lowest BCUT2D eigenvalue weighted by atomic mass is 10.1. The Kier molecular flexibility index (Phi) is 5.35. The van der Waals surface area contributed by atoms with Gasteiger partial charge in [-0.3, -0.25) is 9.59 Å². The van der Waals surface area contributed by atoms with Gasteiger partial charge >= 0.3 is 0 Å². The number of hydrogen-bond acceptors (Lipinski definition) is 5. The van der Waals surface area contributed by atoms with Crippen molar-refractivity contribution in [2.24, 2.45) is 0 Å². The first-order valence-corrected chi connectivity index (χ1v) is 11.7. The monoisotopic (exact) mass is 434 g/mol. The summed E-state index contributed by atoms with van der Waals surface area (Å²) in [5.41, 5.74) is 2.72. The molecule has 1 saturated heterocycles. The molecule has 8 nitrogen and oxygen atoms in total. The summed E-state index contributed by atoms with van der Waals surface area (Å²) < 4.78 is 38.0. The van der Waals surface area contributed by atoms with Crippen molar-refractivity contribution in [1.29, 1.82) is 0 Å². The number of sulfone groups is 1. The van der Waals surface area contributed by atoms with Gasteiger partial charge in [0.25, 0.3) is 5.91 Å². The Balaban J connectivity index is 1.50. The van der Waals surface area contributed by atoms with Crippen molar-refractivity contribution in [1.82, 2.24) is 20.0 Å². The fourth-order valence-corrected chi connectivity index (χ4v) is 5.15. The average molecular weight is 434 g/mol. The van der Waals surface area contributed by atoms with Crippen molar-refractivity contribution >= 4 is 21.7 Å². The van der Waals surface area contributed by atoms with Crippen molar-refractivity contribution in [2.75, 3.05) is 24.6 Å². The molecule has 4 rings (SSSR count). The fourth-order valence-electron chi connectivity index (χ4n) is 3.95. The molecule has 1 N–H and O–H groups in total. The van der Waals surface area contributed by atoms with E-state index in [9.17, 15) is 22.4 Å². The van der Waals surface area contributed by atoms with Gasteiger partial charge < -0.3 is 10.2 Å². The van der Waals surface area contributed by atoms with E-state index in [1.807, 2.05) is 0 Å². The lowest BCUT2D eigenvalue weighted by Crippen LogP contribution is -2.51. The highest BCUT2D eigenvalue weighted by Gasteiger charge is 2.31. The van der Waals surface area contributed by atoms with Gasteiger partial charge in [0.1, 0.15) is 11.9 Å². The van der Waals surface area contributed by atoms with Crippen LogP contribution in [-0.4, -0.2) is 65.5 Å². The Morgan fingerprint density at radius 3 is 2.47 bits per heavy atom. The number of nitrogens with one attached hydrogen (secondary N) is 1. The minimum atomic E-state index is -3.09. The first-order chi connectivity index (χ1) is 14.2. The Morgan fingerprint density at radius 1 is 1.13 bits per heavy atom. The predicted octanol–water partition coefficient (Wildman–Crippen LogP) is 0.875. The van der Waals surface area contributed by atoms with Crippen molar-refractivity contribution in [3.05, 3.63) is 47.0 Å². The molecule has 1 fully saturated rings. The number of carbonyl (C=O) groups is 2. The van der Waals surface area contributed by atoms with Crippen LogP contribution in [0.4, 0.5) is 4.39 Å². The van der Waals surface area contributed by atoms with Gasteiger partial charge in [0.15, 0.2) is 15.5 Å². The lowest BCUT2D eigenvalue weighted by molar-refractivity contribution is -0.132. The summed E-state index contributed by atoms with van der Waals surface area (Å²) in [6.45, 7) is 1.85. The SMILES string of the molecule is CC(NC(=O)c1nn(-c2ccc(F)cc2)c2c1CCC2)C(=O)N1CCS(=O)(=O)CC1. The maximum Gasteiger partial charge on any atom is 0.272 e. The van der Waals surface area contributed by atoms with Gasteiger partial charge in [-0.1, -0.05) is 0 Å². The van der Waals surface area contributed by atoms with Gasteiger partial charge in [-0.2, -0.15) is 5.10 Å². The molecule has 1 aliphatic heterocycles. The lowest BCUT2D eigenvalue weighted by Gasteiger charge is -2.29. The Bertz CT molecular complexity index is 1080. The van der Waals surface area contributed by atoms with Crippen LogP contribution in [0.5, 0.6) is 0 Å². The van der Waals surface area contributed by atoms with Crippen LogP contribution in [0, 0.1) is 5.82 Å². The number of benzene rings is 1. The zero-order chi connectivity index (χ0) is 21.5. The normalized spacial score (nSPS) is 18.7. The maximum atomic E-state index is 13.3. The van der Waals surface area contributed by atoms with Crippen LogP contribution in [0.2, 0.25) is 0 Å². The highest BCUT2D eigenvalue weighted by molar-refractivity contribution is 7.91. The molecule has 1 unspecified atom stereocenters. The smallest absolute Gasteiger partial charge is 0.272 e. The first-order valence-electron chi connectivity index (χ1n) is 9.92. The largest absolute Gasteiger partial charge is 0.339 e. The molecule has 0 spiro atoms. The van der Waals surface area contributed by atoms with Crippen LogP contribution in [0.3, 0.4) is 0 Å². The van der Waals surface area contributed by atoms with E-state index in [2.05, 4.69) is 10.4 Å². The molecule has 10 heteroatoms. The van der Waals surface area contributed by atoms with Crippen molar-refractivity contribution in [2.45, 2.75) is 32.2 Å². The fraction of sp³-hybridized carbons (Fsp3) is 0.450. The van der Waals surface area contributed by atoms with Gasteiger partial charge in [-0.05, 0) is 50.5 Å². The molecule has 1 aliphatic carbocycles. The third-order valence-electron chi connectivity index (χ3n) is 5.59. The summed E-state index contributed by atoms with van der Waals surface area (Å²) in [6.07, 6.45) is 2.38. The number of nitrogens with zero attached hydrogens (tertiary/aromatic N) is 3. The number of carbonyl (C=O) groups excluding carboxylic acids is 2. The summed E-state index contributed by atoms with van der Waals surface area (Å²) in [7, 11) is -3.09. The standard InChI is InChI=1S/C20H23FN4O4S/c1-13(20(27)24-9-11-30(28,29)12-10-24)22-19(26)18-16-3-2-4-17(16)25(23-18)15-7-5-14(21)6-8-15/h5-8,13H,2-4,9-12H2,1H3,(H,22,26). The van der Waals surface area contributed by atoms with Crippen LogP contribution in [0.15, 0.2) is 24.3 Å². The van der Waals surface area contributed by atoms with Gasteiger partial charge in [0, 0.05) is 24.3 Å². The van der Waals surface area contributed by atoms with E-state index in [4.69, 9.17) is 0 Å². The van der Waals surface area contributed by atoms with Gasteiger partial charge in [-0.25, -0.2) is 17.5 Å². The van der Waals surface area contributed by atoms with Gasteiger partial charge in [-0.15, -0.1) is 0 Å². The molecular formula is C20H23FN4O4S. The summed E-state index contributed by atoms with van der Waals surface area (Å²) in [4.78, 5) is 27.0. The molecule has 2 amide bonds. The average Bonchev–Trinajstić information content (AvgIpc) is 3.31. The number of fused-ring (bicyclic) bond motifs is 1. The molecule has 2 aliphatic rings. The second-order valence-electron chi connectivity index (χ2n) is 7.69. The minimum absolute atomic E-state index is 0.0605. The highest BCUT2D eigenvalue weighted by Crippen LogP contribution is 2.28. The molecule has 0 radical (unpaired) electrons. The predicted molar refractivity (Wildman–Crippen MR) is 108 cm³/mol. The zero-order valence-electron chi connectivity index (χ0n) is 16.6. The molecule has 1 aromatic heterocycles. The van der Waals surface area contributed by atoms with E-state index in [1.165, 1.54) is 17.0 Å². The second-order valence-corrected chi connectivity index (χ2v) is 9.99. The zero-order valence-corrected chi connectivity index (χ0v) is 17.4. The molecule has 160 valence electrons. The topological polar surface area (TPSA) is 101 Å². The van der Waals surface area contributed by atoms with E-state index in [0.717, 1.165) is 24.1 Å². The van der Waals surface area contributed by atoms with E-state index in [-0.39, 0.29) is 42.0 Å². The number of rotatable bonds is 4. The quantitative estimate of drug-likeness (QED) is 0.770. The summed E-state index contributed by atoms with van der Waals surface area (Å²) >= 11 is 0. The van der Waals surface area contributed by atoms with Crippen LogP contribution < -0.4 is 5.32 Å². The van der Waals surface area contributed by atoms with Crippen LogP contribution >= 0.6 is 0 Å². The first kappa shape index (κ1) is 20.5. The van der Waals surface area contributed by atoms with Crippen molar-refractivity contribution in [3.8, 4) is 5.69 Å². The van der Waals surface area contributed by atoms with E-state index in [0.29, 0.717) is 12.1 Å². The third-order valence-corrected chi connectivity index (χ3v) is 7.20. The molecule has 30 heavy (non-hydrogen) atoms. The molecule has 2 aromatic rings. The van der Waals surface area contributed by atoms with E-state index >= 15 is 0 Å². The molecule has 1 aromatic carbocycles. The second kappa shape index (κ2) is 7.82. The number of halogens is 1. The van der Waals surface area contributed by atoms with Crippen molar-refractivity contribution < 1.29 is 22.4 Å². The Morgan fingerprint density at radius 2 is 1.80 bits per heavy atom. The number of hydrogen-bond donors (Lipinski definition) is 1. The molecule has 1 atom stereocenters. The van der Waals surface area contributed by atoms with Gasteiger partial charge in [0.2, 0.25) is 5.91 Å². The van der Waals surface area contributed by atoms with Crippen LogP contribution in [-0.2, 0) is 27.5 Å².